The molecule has 0 N–H and O–H groups in total. The first kappa shape index (κ1) is 17.1. The average Bonchev–Trinajstić information content (AvgIpc) is 2.87. The lowest BCUT2D eigenvalue weighted by Gasteiger charge is -2.56. The summed E-state index contributed by atoms with van der Waals surface area (Å²) in [5.74, 6) is 2.69. The van der Waals surface area contributed by atoms with Gasteiger partial charge in [-0.3, -0.25) is 0 Å². The van der Waals surface area contributed by atoms with Crippen LogP contribution in [0.1, 0.15) is 79.6 Å². The van der Waals surface area contributed by atoms with Crippen molar-refractivity contribution in [1.82, 2.24) is 0 Å². The van der Waals surface area contributed by atoms with E-state index < -0.39 is 0 Å². The van der Waals surface area contributed by atoms with Gasteiger partial charge >= 0.3 is 0 Å². The summed E-state index contributed by atoms with van der Waals surface area (Å²) in [7, 11) is 0. The number of allylic oxidation sites excluding steroid dienone is 6. The molecule has 3 aliphatic rings. The minimum atomic E-state index is 0.403. The lowest BCUT2D eigenvalue weighted by atomic mass is 9.48. The lowest BCUT2D eigenvalue weighted by Crippen LogP contribution is -2.48. The van der Waals surface area contributed by atoms with E-state index in [1.807, 2.05) is 0 Å². The van der Waals surface area contributed by atoms with Gasteiger partial charge in [-0.2, -0.15) is 0 Å². The monoisotopic (exact) mass is 312 g/mol. The van der Waals surface area contributed by atoms with E-state index in [-0.39, 0.29) is 0 Å². The minimum absolute atomic E-state index is 0.403. The Morgan fingerprint density at radius 2 is 1.91 bits per heavy atom. The maximum atomic E-state index is 2.61. The van der Waals surface area contributed by atoms with Crippen LogP contribution in [0.5, 0.6) is 0 Å². The second-order valence-corrected chi connectivity index (χ2v) is 8.71. The molecule has 0 aliphatic heterocycles. The molecule has 3 rings (SSSR count). The Morgan fingerprint density at radius 3 is 2.57 bits per heavy atom. The van der Waals surface area contributed by atoms with Crippen LogP contribution in [0.2, 0.25) is 0 Å². The average molecular weight is 313 g/mol. The van der Waals surface area contributed by atoms with Gasteiger partial charge in [-0.05, 0) is 79.6 Å². The fourth-order valence-corrected chi connectivity index (χ4v) is 6.61. The third-order valence-corrected chi connectivity index (χ3v) is 7.76. The molecular formula is C23H36. The molecule has 0 aromatic rings. The zero-order chi connectivity index (χ0) is 16.7. The molecule has 0 spiro atoms. The summed E-state index contributed by atoms with van der Waals surface area (Å²) in [6, 6.07) is 0. The molecule has 0 aromatic heterocycles. The molecular weight excluding hydrogens is 276 g/mol. The third kappa shape index (κ3) is 2.48. The number of fused-ring (bicyclic) bond motifs is 3. The van der Waals surface area contributed by atoms with Crippen LogP contribution in [0.3, 0.4) is 0 Å². The van der Waals surface area contributed by atoms with Gasteiger partial charge in [-0.15, -0.1) is 0 Å². The van der Waals surface area contributed by atoms with Crippen molar-refractivity contribution >= 4 is 0 Å². The Balaban J connectivity index is 1.95. The Kier molecular flexibility index (Phi) is 4.64. The van der Waals surface area contributed by atoms with E-state index >= 15 is 0 Å². The van der Waals surface area contributed by atoms with Crippen LogP contribution in [-0.4, -0.2) is 0 Å². The molecule has 0 heterocycles. The first-order chi connectivity index (χ1) is 11.0. The molecule has 0 heteroatoms. The highest BCUT2D eigenvalue weighted by atomic mass is 14.6. The summed E-state index contributed by atoms with van der Waals surface area (Å²) in [4.78, 5) is 0. The fraction of sp³-hybridized carbons (Fsp3) is 0.739. The van der Waals surface area contributed by atoms with Crippen LogP contribution in [0.4, 0.5) is 0 Å². The van der Waals surface area contributed by atoms with Crippen molar-refractivity contribution in [3.63, 3.8) is 0 Å². The van der Waals surface area contributed by atoms with Crippen molar-refractivity contribution in [3.8, 4) is 0 Å². The van der Waals surface area contributed by atoms with Gasteiger partial charge in [0.05, 0.1) is 0 Å². The van der Waals surface area contributed by atoms with Gasteiger partial charge in [0, 0.05) is 0 Å². The largest absolute Gasteiger partial charge is 0.0874 e. The van der Waals surface area contributed by atoms with E-state index in [9.17, 15) is 0 Å². The van der Waals surface area contributed by atoms with Gasteiger partial charge in [-0.25, -0.2) is 0 Å². The summed E-state index contributed by atoms with van der Waals surface area (Å²) < 4.78 is 0. The van der Waals surface area contributed by atoms with Gasteiger partial charge in [0.1, 0.15) is 0 Å². The molecule has 0 bridgehead atoms. The number of hydrogen-bond donors (Lipinski definition) is 0. The molecule has 0 aromatic carbocycles. The SMILES string of the molecule is C/C=C/C1=CCC2C(CCC3(C)C(CC)=CCC23)C1(C)CCC. The summed E-state index contributed by atoms with van der Waals surface area (Å²) in [6.45, 7) is 12.0. The Hall–Kier alpha value is -0.780. The molecule has 5 unspecified atom stereocenters. The summed E-state index contributed by atoms with van der Waals surface area (Å²) in [6.07, 6.45) is 19.3. The van der Waals surface area contributed by atoms with Gasteiger partial charge in [0.25, 0.3) is 0 Å². The standard InChI is InChI=1S/C23H36/c1-6-9-18-10-12-19-20-13-11-17(8-3)23(20,5)16-14-21(19)22(18,4)15-7-2/h6,9-11,19-21H,7-8,12-16H2,1-5H3/b9-6+. The molecule has 128 valence electrons. The molecule has 3 aliphatic carbocycles. The maximum absolute atomic E-state index is 2.61. The second kappa shape index (κ2) is 6.26. The number of rotatable bonds is 4. The van der Waals surface area contributed by atoms with Crippen molar-refractivity contribution in [2.24, 2.45) is 28.6 Å². The van der Waals surface area contributed by atoms with Gasteiger partial charge in [0.2, 0.25) is 0 Å². The highest BCUT2D eigenvalue weighted by Gasteiger charge is 2.54. The number of hydrogen-bond acceptors (Lipinski definition) is 0. The zero-order valence-corrected chi connectivity index (χ0v) is 16.0. The summed E-state index contributed by atoms with van der Waals surface area (Å²) in [5.41, 5.74) is 4.31. The Labute approximate surface area is 144 Å². The topological polar surface area (TPSA) is 0 Å². The molecule has 0 nitrogen and oxygen atoms in total. The van der Waals surface area contributed by atoms with E-state index in [0.717, 1.165) is 17.8 Å². The van der Waals surface area contributed by atoms with Crippen molar-refractivity contribution in [3.05, 3.63) is 35.5 Å². The zero-order valence-electron chi connectivity index (χ0n) is 16.0. The second-order valence-electron chi connectivity index (χ2n) is 8.71. The van der Waals surface area contributed by atoms with Crippen LogP contribution in [-0.2, 0) is 0 Å². The van der Waals surface area contributed by atoms with Crippen LogP contribution in [0, 0.1) is 28.6 Å². The molecule has 5 atom stereocenters. The summed E-state index contributed by atoms with van der Waals surface area (Å²) >= 11 is 0. The lowest BCUT2D eigenvalue weighted by molar-refractivity contribution is -0.00946. The highest BCUT2D eigenvalue weighted by molar-refractivity contribution is 5.33. The molecule has 0 amide bonds. The quantitative estimate of drug-likeness (QED) is 0.486. The van der Waals surface area contributed by atoms with Gasteiger partial charge in [-0.1, -0.05) is 64.0 Å². The minimum Gasteiger partial charge on any atom is -0.0874 e. The van der Waals surface area contributed by atoms with Crippen LogP contribution >= 0.6 is 0 Å². The predicted molar refractivity (Wildman–Crippen MR) is 101 cm³/mol. The normalized spacial score (nSPS) is 43.1. The Morgan fingerprint density at radius 1 is 1.13 bits per heavy atom. The van der Waals surface area contributed by atoms with E-state index in [4.69, 9.17) is 0 Å². The van der Waals surface area contributed by atoms with Gasteiger partial charge in [0.15, 0.2) is 0 Å². The summed E-state index contributed by atoms with van der Waals surface area (Å²) in [5, 5.41) is 0. The van der Waals surface area contributed by atoms with Crippen LogP contribution in [0.15, 0.2) is 35.5 Å². The fourth-order valence-electron chi connectivity index (χ4n) is 6.61. The third-order valence-electron chi connectivity index (χ3n) is 7.76. The van der Waals surface area contributed by atoms with Crippen LogP contribution < -0.4 is 0 Å². The Bertz CT molecular complexity index is 534. The van der Waals surface area contributed by atoms with E-state index in [1.54, 1.807) is 11.1 Å². The molecule has 1 fully saturated rings. The molecule has 0 saturated heterocycles. The van der Waals surface area contributed by atoms with Crippen molar-refractivity contribution in [2.75, 3.05) is 0 Å². The molecule has 0 radical (unpaired) electrons. The smallest absolute Gasteiger partial charge is 0.00475 e. The predicted octanol–water partition coefficient (Wildman–Crippen LogP) is 7.09. The first-order valence-electron chi connectivity index (χ1n) is 10.0. The van der Waals surface area contributed by atoms with E-state index in [1.165, 1.54) is 44.9 Å². The van der Waals surface area contributed by atoms with Crippen molar-refractivity contribution < 1.29 is 0 Å². The van der Waals surface area contributed by atoms with E-state index in [2.05, 4.69) is 58.9 Å². The van der Waals surface area contributed by atoms with Crippen LogP contribution in [0.25, 0.3) is 0 Å². The van der Waals surface area contributed by atoms with Crippen molar-refractivity contribution in [1.29, 1.82) is 0 Å². The molecule has 1 saturated carbocycles. The van der Waals surface area contributed by atoms with Gasteiger partial charge < -0.3 is 0 Å². The van der Waals surface area contributed by atoms with E-state index in [0.29, 0.717) is 10.8 Å². The maximum Gasteiger partial charge on any atom is -0.00475 e. The van der Waals surface area contributed by atoms with Crippen molar-refractivity contribution in [2.45, 2.75) is 79.6 Å². The highest BCUT2D eigenvalue weighted by Crippen LogP contribution is 2.64. The molecule has 23 heavy (non-hydrogen) atoms. The first-order valence-corrected chi connectivity index (χ1v) is 10.0.